The fourth-order valence-electron chi connectivity index (χ4n) is 6.91. The number of fused-ring (bicyclic) bond motifs is 4. The van der Waals surface area contributed by atoms with Gasteiger partial charge in [-0.1, -0.05) is 41.9 Å². The minimum atomic E-state index is -0.195. The SMILES string of the molecule is CN(C)C(c1ccc(Cl)cc1)C1CCC2(CC1)c1[nH]c3ccccc3c1CCN2C(=O)C1CC1. The number of carbonyl (C=O) groups is 1. The van der Waals surface area contributed by atoms with Crippen molar-refractivity contribution >= 4 is 28.4 Å². The third-order valence-corrected chi connectivity index (χ3v) is 8.90. The fourth-order valence-corrected chi connectivity index (χ4v) is 7.03. The number of aromatic nitrogens is 1. The number of halogens is 1. The molecular weight excluding hydrogens is 442 g/mol. The minimum Gasteiger partial charge on any atom is -0.356 e. The van der Waals surface area contributed by atoms with Gasteiger partial charge in [0.25, 0.3) is 0 Å². The first-order valence-corrected chi connectivity index (χ1v) is 13.2. The Morgan fingerprint density at radius 1 is 1.06 bits per heavy atom. The van der Waals surface area contributed by atoms with Crippen molar-refractivity contribution in [3.63, 3.8) is 0 Å². The van der Waals surface area contributed by atoms with Crippen molar-refractivity contribution in [1.29, 1.82) is 0 Å². The van der Waals surface area contributed by atoms with E-state index in [9.17, 15) is 4.79 Å². The highest BCUT2D eigenvalue weighted by Gasteiger charge is 2.51. The molecule has 2 aliphatic carbocycles. The van der Waals surface area contributed by atoms with E-state index in [0.29, 0.717) is 17.9 Å². The maximum absolute atomic E-state index is 13.5. The van der Waals surface area contributed by atoms with Gasteiger partial charge in [-0.05, 0) is 94.3 Å². The number of para-hydroxylation sites is 1. The number of rotatable bonds is 4. The van der Waals surface area contributed by atoms with Crippen LogP contribution in [0.3, 0.4) is 0 Å². The van der Waals surface area contributed by atoms with Crippen molar-refractivity contribution in [2.45, 2.75) is 56.5 Å². The number of amides is 1. The summed E-state index contributed by atoms with van der Waals surface area (Å²) in [5, 5.41) is 2.12. The Labute approximate surface area is 207 Å². The van der Waals surface area contributed by atoms with Crippen LogP contribution in [0, 0.1) is 11.8 Å². The van der Waals surface area contributed by atoms with Crippen molar-refractivity contribution in [1.82, 2.24) is 14.8 Å². The van der Waals surface area contributed by atoms with E-state index < -0.39 is 0 Å². The van der Waals surface area contributed by atoms with E-state index >= 15 is 0 Å². The van der Waals surface area contributed by atoms with E-state index in [0.717, 1.165) is 56.5 Å². The molecule has 34 heavy (non-hydrogen) atoms. The second kappa shape index (κ2) is 8.42. The quantitative estimate of drug-likeness (QED) is 0.480. The van der Waals surface area contributed by atoms with Gasteiger partial charge >= 0.3 is 0 Å². The highest BCUT2D eigenvalue weighted by atomic mass is 35.5. The monoisotopic (exact) mass is 475 g/mol. The standard InChI is InChI=1S/C29H34ClN3O/c1-32(2)26(19-9-11-22(30)12-10-19)20-13-16-29(17-14-20)27-24(23-5-3-4-6-25(23)31-27)15-18-33(29)28(34)21-7-8-21/h3-6,9-12,20-21,26,31H,7-8,13-18H2,1-2H3. The maximum Gasteiger partial charge on any atom is 0.226 e. The van der Waals surface area contributed by atoms with Gasteiger partial charge in [0.05, 0.1) is 5.54 Å². The first kappa shape index (κ1) is 22.2. The van der Waals surface area contributed by atoms with Gasteiger partial charge in [0, 0.05) is 40.1 Å². The number of H-pyrrole nitrogens is 1. The predicted octanol–water partition coefficient (Wildman–Crippen LogP) is 6.30. The Morgan fingerprint density at radius 3 is 2.44 bits per heavy atom. The molecule has 3 aliphatic rings. The molecule has 1 N–H and O–H groups in total. The van der Waals surface area contributed by atoms with Crippen LogP contribution in [-0.4, -0.2) is 41.3 Å². The predicted molar refractivity (Wildman–Crippen MR) is 138 cm³/mol. The molecule has 1 aromatic heterocycles. The molecule has 2 heterocycles. The fraction of sp³-hybridized carbons (Fsp3) is 0.483. The summed E-state index contributed by atoms with van der Waals surface area (Å²) in [6.07, 6.45) is 7.33. The third-order valence-electron chi connectivity index (χ3n) is 8.65. The van der Waals surface area contributed by atoms with Crippen molar-refractivity contribution in [3.8, 4) is 0 Å². The lowest BCUT2D eigenvalue weighted by molar-refractivity contribution is -0.143. The van der Waals surface area contributed by atoms with E-state index in [1.54, 1.807) is 0 Å². The number of nitrogens with zero attached hydrogens (tertiary/aromatic N) is 2. The Morgan fingerprint density at radius 2 is 1.76 bits per heavy atom. The lowest BCUT2D eigenvalue weighted by Crippen LogP contribution is -2.56. The molecule has 0 radical (unpaired) electrons. The highest BCUT2D eigenvalue weighted by Crippen LogP contribution is 2.52. The van der Waals surface area contributed by atoms with Gasteiger partial charge in [-0.2, -0.15) is 0 Å². The topological polar surface area (TPSA) is 39.3 Å². The normalized spacial score (nSPS) is 25.6. The summed E-state index contributed by atoms with van der Waals surface area (Å²) >= 11 is 6.18. The third kappa shape index (κ3) is 3.58. The number of aromatic amines is 1. The zero-order valence-corrected chi connectivity index (χ0v) is 20.9. The molecule has 178 valence electrons. The van der Waals surface area contributed by atoms with Crippen molar-refractivity contribution in [2.75, 3.05) is 20.6 Å². The molecular formula is C29H34ClN3O. The summed E-state index contributed by atoms with van der Waals surface area (Å²) in [6, 6.07) is 17.4. The summed E-state index contributed by atoms with van der Waals surface area (Å²) in [5.74, 6) is 1.20. The molecule has 0 saturated heterocycles. The van der Waals surface area contributed by atoms with Gasteiger partial charge in [-0.3, -0.25) is 4.79 Å². The van der Waals surface area contributed by atoms with Crippen LogP contribution in [0.2, 0.25) is 5.02 Å². The summed E-state index contributed by atoms with van der Waals surface area (Å²) in [5.41, 5.74) is 5.11. The second-order valence-electron chi connectivity index (χ2n) is 10.9. The molecule has 0 bridgehead atoms. The van der Waals surface area contributed by atoms with Crippen LogP contribution in [-0.2, 0) is 16.8 Å². The second-order valence-corrected chi connectivity index (χ2v) is 11.3. The highest BCUT2D eigenvalue weighted by molar-refractivity contribution is 6.30. The summed E-state index contributed by atoms with van der Waals surface area (Å²) in [4.78, 5) is 22.0. The Kier molecular flexibility index (Phi) is 5.50. The van der Waals surface area contributed by atoms with Gasteiger partial charge in [0.1, 0.15) is 0 Å². The minimum absolute atomic E-state index is 0.195. The van der Waals surface area contributed by atoms with Gasteiger partial charge in [-0.15, -0.1) is 0 Å². The molecule has 6 rings (SSSR count). The molecule has 1 atom stereocenters. The Hall–Kier alpha value is -2.30. The lowest BCUT2D eigenvalue weighted by Gasteiger charge is -2.52. The van der Waals surface area contributed by atoms with E-state index in [1.165, 1.54) is 27.7 Å². The zero-order chi connectivity index (χ0) is 23.4. The molecule has 2 fully saturated rings. The molecule has 5 heteroatoms. The van der Waals surface area contributed by atoms with Crippen molar-refractivity contribution in [2.24, 2.45) is 11.8 Å². The molecule has 3 aromatic rings. The van der Waals surface area contributed by atoms with Crippen LogP contribution >= 0.6 is 11.6 Å². The average Bonchev–Trinajstić information content (AvgIpc) is 3.62. The lowest BCUT2D eigenvalue weighted by atomic mass is 9.68. The Balaban J connectivity index is 1.36. The molecule has 1 aliphatic heterocycles. The molecule has 1 unspecified atom stereocenters. The average molecular weight is 476 g/mol. The first-order valence-electron chi connectivity index (χ1n) is 12.8. The number of hydrogen-bond acceptors (Lipinski definition) is 2. The van der Waals surface area contributed by atoms with E-state index in [1.807, 2.05) is 12.1 Å². The van der Waals surface area contributed by atoms with Gasteiger partial charge in [-0.25, -0.2) is 0 Å². The maximum atomic E-state index is 13.5. The van der Waals surface area contributed by atoms with Crippen LogP contribution in [0.15, 0.2) is 48.5 Å². The largest absolute Gasteiger partial charge is 0.356 e. The zero-order valence-electron chi connectivity index (χ0n) is 20.2. The number of carbonyl (C=O) groups excluding carboxylic acids is 1. The number of benzene rings is 2. The van der Waals surface area contributed by atoms with E-state index in [2.05, 4.69) is 65.3 Å². The summed E-state index contributed by atoms with van der Waals surface area (Å²) in [6.45, 7) is 0.850. The van der Waals surface area contributed by atoms with Crippen LogP contribution < -0.4 is 0 Å². The smallest absolute Gasteiger partial charge is 0.226 e. The molecule has 4 nitrogen and oxygen atoms in total. The van der Waals surface area contributed by atoms with Crippen LogP contribution in [0.25, 0.3) is 10.9 Å². The number of nitrogens with one attached hydrogen (secondary N) is 1. The van der Waals surface area contributed by atoms with E-state index in [4.69, 9.17) is 11.6 Å². The summed E-state index contributed by atoms with van der Waals surface area (Å²) in [7, 11) is 4.37. The van der Waals surface area contributed by atoms with Gasteiger partial charge < -0.3 is 14.8 Å². The van der Waals surface area contributed by atoms with Crippen molar-refractivity contribution < 1.29 is 4.79 Å². The molecule has 2 aromatic carbocycles. The van der Waals surface area contributed by atoms with E-state index in [-0.39, 0.29) is 11.5 Å². The van der Waals surface area contributed by atoms with Crippen LogP contribution in [0.5, 0.6) is 0 Å². The van der Waals surface area contributed by atoms with Gasteiger partial charge in [0.15, 0.2) is 0 Å². The Bertz CT molecular complexity index is 1200. The summed E-state index contributed by atoms with van der Waals surface area (Å²) < 4.78 is 0. The van der Waals surface area contributed by atoms with Gasteiger partial charge in [0.2, 0.25) is 5.91 Å². The van der Waals surface area contributed by atoms with Crippen molar-refractivity contribution in [3.05, 3.63) is 70.4 Å². The molecule has 1 amide bonds. The first-order chi connectivity index (χ1) is 16.5. The number of hydrogen-bond donors (Lipinski definition) is 1. The van der Waals surface area contributed by atoms with Crippen LogP contribution in [0.1, 0.15) is 61.4 Å². The molecule has 1 spiro atoms. The molecule has 2 saturated carbocycles. The van der Waals surface area contributed by atoms with Crippen LogP contribution in [0.4, 0.5) is 0 Å².